The average Bonchev–Trinajstić information content (AvgIpc) is 3.15. The van der Waals surface area contributed by atoms with E-state index in [1.807, 2.05) is 18.2 Å². The van der Waals surface area contributed by atoms with Crippen molar-refractivity contribution in [3.63, 3.8) is 0 Å². The quantitative estimate of drug-likeness (QED) is 0.733. The number of carbonyl (C=O) groups excluding carboxylic acids is 1. The summed E-state index contributed by atoms with van der Waals surface area (Å²) in [5.74, 6) is 0.651. The Hall–Kier alpha value is -2.02. The Morgan fingerprint density at radius 1 is 1.47 bits per heavy atom. The van der Waals surface area contributed by atoms with Crippen molar-refractivity contribution in [1.82, 2.24) is 0 Å². The van der Waals surface area contributed by atoms with Crippen LogP contribution in [0.4, 0.5) is 5.69 Å². The van der Waals surface area contributed by atoms with E-state index >= 15 is 0 Å². The summed E-state index contributed by atoms with van der Waals surface area (Å²) >= 11 is 0. The van der Waals surface area contributed by atoms with E-state index in [4.69, 9.17) is 10.00 Å². The van der Waals surface area contributed by atoms with E-state index in [1.54, 1.807) is 11.9 Å². The zero-order valence-corrected chi connectivity index (χ0v) is 9.56. The van der Waals surface area contributed by atoms with Gasteiger partial charge in [-0.2, -0.15) is 5.26 Å². The predicted molar refractivity (Wildman–Crippen MR) is 61.9 cm³/mol. The molecule has 1 heterocycles. The molecule has 17 heavy (non-hydrogen) atoms. The first-order valence-corrected chi connectivity index (χ1v) is 5.61. The van der Waals surface area contributed by atoms with Crippen LogP contribution in [0, 0.1) is 11.3 Å². The number of anilines is 1. The summed E-state index contributed by atoms with van der Waals surface area (Å²) in [5.41, 5.74) is 1.47. The van der Waals surface area contributed by atoms with Gasteiger partial charge in [-0.05, 0) is 30.5 Å². The van der Waals surface area contributed by atoms with E-state index in [9.17, 15) is 4.79 Å². The SMILES string of the molecule is CN1C(=O)COc2cc(C3(C#N)CC3)ccc21. The number of hydrogen-bond acceptors (Lipinski definition) is 3. The van der Waals surface area contributed by atoms with Crippen LogP contribution in [-0.4, -0.2) is 19.6 Å². The van der Waals surface area contributed by atoms with Gasteiger partial charge in [-0.15, -0.1) is 0 Å². The fraction of sp³-hybridized carbons (Fsp3) is 0.385. The zero-order valence-electron chi connectivity index (χ0n) is 9.56. The van der Waals surface area contributed by atoms with E-state index in [-0.39, 0.29) is 17.9 Å². The first kappa shape index (κ1) is 10.2. The van der Waals surface area contributed by atoms with Gasteiger partial charge in [0.15, 0.2) is 6.61 Å². The van der Waals surface area contributed by atoms with Crippen LogP contribution in [0.25, 0.3) is 0 Å². The van der Waals surface area contributed by atoms with Gasteiger partial charge in [-0.25, -0.2) is 0 Å². The molecule has 0 saturated heterocycles. The minimum Gasteiger partial charge on any atom is -0.482 e. The number of carbonyl (C=O) groups is 1. The maximum Gasteiger partial charge on any atom is 0.264 e. The Labute approximate surface area is 99.4 Å². The maximum atomic E-state index is 11.5. The number of nitrogens with zero attached hydrogens (tertiary/aromatic N) is 2. The molecule has 1 saturated carbocycles. The van der Waals surface area contributed by atoms with Crippen LogP contribution in [0.1, 0.15) is 18.4 Å². The van der Waals surface area contributed by atoms with Crippen molar-refractivity contribution in [2.24, 2.45) is 0 Å². The molecule has 1 fully saturated rings. The predicted octanol–water partition coefficient (Wildman–Crippen LogP) is 1.60. The molecule has 3 rings (SSSR count). The normalized spacial score (nSPS) is 20.2. The standard InChI is InChI=1S/C13H12N2O2/c1-15-10-3-2-9(13(8-14)4-5-13)6-11(10)17-7-12(15)16/h2-3,6H,4-5,7H2,1H3. The molecule has 4 heteroatoms. The molecule has 86 valence electrons. The summed E-state index contributed by atoms with van der Waals surface area (Å²) in [6.45, 7) is 0.0759. The zero-order chi connectivity index (χ0) is 12.0. The minimum absolute atomic E-state index is 0.0494. The van der Waals surface area contributed by atoms with Gasteiger partial charge >= 0.3 is 0 Å². The Kier molecular flexibility index (Phi) is 1.93. The maximum absolute atomic E-state index is 11.5. The van der Waals surface area contributed by atoms with E-state index in [0.29, 0.717) is 5.75 Å². The Bertz CT molecular complexity index is 541. The number of amides is 1. The molecule has 0 radical (unpaired) electrons. The lowest BCUT2D eigenvalue weighted by atomic mass is 9.97. The molecule has 1 aliphatic heterocycles. The van der Waals surface area contributed by atoms with Crippen molar-refractivity contribution >= 4 is 11.6 Å². The first-order chi connectivity index (χ1) is 8.16. The average molecular weight is 228 g/mol. The molecule has 1 aliphatic carbocycles. The lowest BCUT2D eigenvalue weighted by Gasteiger charge is -2.26. The summed E-state index contributed by atoms with van der Waals surface area (Å²) in [6.07, 6.45) is 1.83. The summed E-state index contributed by atoms with van der Waals surface area (Å²) in [4.78, 5) is 13.0. The number of nitriles is 1. The smallest absolute Gasteiger partial charge is 0.264 e. The molecular formula is C13H12N2O2. The van der Waals surface area contributed by atoms with Gasteiger partial charge in [0, 0.05) is 7.05 Å². The number of ether oxygens (including phenoxy) is 1. The van der Waals surface area contributed by atoms with E-state index in [2.05, 4.69) is 6.07 Å². The molecule has 0 N–H and O–H groups in total. The highest BCUT2D eigenvalue weighted by atomic mass is 16.5. The van der Waals surface area contributed by atoms with Gasteiger partial charge in [0.1, 0.15) is 5.75 Å². The molecule has 0 spiro atoms. The molecule has 1 aromatic rings. The lowest BCUT2D eigenvalue weighted by molar-refractivity contribution is -0.120. The van der Waals surface area contributed by atoms with Crippen molar-refractivity contribution in [2.45, 2.75) is 18.3 Å². The lowest BCUT2D eigenvalue weighted by Crippen LogP contribution is -2.35. The molecular weight excluding hydrogens is 216 g/mol. The fourth-order valence-electron chi connectivity index (χ4n) is 2.17. The van der Waals surface area contributed by atoms with Gasteiger partial charge in [0.2, 0.25) is 0 Å². The highest BCUT2D eigenvalue weighted by molar-refractivity contribution is 5.97. The van der Waals surface area contributed by atoms with E-state index in [1.165, 1.54) is 0 Å². The topological polar surface area (TPSA) is 53.3 Å². The van der Waals surface area contributed by atoms with Crippen molar-refractivity contribution in [2.75, 3.05) is 18.6 Å². The summed E-state index contributed by atoms with van der Waals surface area (Å²) in [7, 11) is 1.74. The molecule has 0 bridgehead atoms. The fourth-order valence-corrected chi connectivity index (χ4v) is 2.17. The second kappa shape index (κ2) is 3.24. The Balaban J connectivity index is 2.04. The number of fused-ring (bicyclic) bond motifs is 1. The second-order valence-electron chi connectivity index (χ2n) is 4.62. The molecule has 0 atom stereocenters. The molecule has 0 unspecified atom stereocenters. The van der Waals surface area contributed by atoms with Crippen molar-refractivity contribution < 1.29 is 9.53 Å². The van der Waals surface area contributed by atoms with Gasteiger partial charge in [0.05, 0.1) is 17.2 Å². The van der Waals surface area contributed by atoms with Crippen LogP contribution >= 0.6 is 0 Å². The van der Waals surface area contributed by atoms with Gasteiger partial charge in [0.25, 0.3) is 5.91 Å². The molecule has 4 nitrogen and oxygen atoms in total. The summed E-state index contributed by atoms with van der Waals surface area (Å²) in [5, 5.41) is 9.15. The number of rotatable bonds is 1. The first-order valence-electron chi connectivity index (χ1n) is 5.61. The van der Waals surface area contributed by atoms with Gasteiger partial charge in [-0.3, -0.25) is 4.79 Å². The van der Waals surface area contributed by atoms with Crippen LogP contribution < -0.4 is 9.64 Å². The van der Waals surface area contributed by atoms with Crippen LogP contribution in [0.2, 0.25) is 0 Å². The number of likely N-dealkylation sites (N-methyl/N-ethyl adjacent to an activating group) is 1. The molecule has 1 amide bonds. The molecule has 1 aromatic carbocycles. The third-order valence-corrected chi connectivity index (χ3v) is 3.56. The van der Waals surface area contributed by atoms with Crippen molar-refractivity contribution in [3.8, 4) is 11.8 Å². The van der Waals surface area contributed by atoms with Crippen LogP contribution in [-0.2, 0) is 10.2 Å². The minimum atomic E-state index is -0.307. The van der Waals surface area contributed by atoms with Gasteiger partial charge < -0.3 is 9.64 Å². The van der Waals surface area contributed by atoms with Crippen molar-refractivity contribution in [1.29, 1.82) is 5.26 Å². The van der Waals surface area contributed by atoms with E-state index in [0.717, 1.165) is 24.1 Å². The van der Waals surface area contributed by atoms with Gasteiger partial charge in [-0.1, -0.05) is 6.07 Å². The molecule has 0 aromatic heterocycles. The summed E-state index contributed by atoms with van der Waals surface area (Å²) in [6, 6.07) is 8.04. The summed E-state index contributed by atoms with van der Waals surface area (Å²) < 4.78 is 5.41. The number of hydrogen-bond donors (Lipinski definition) is 0. The number of benzene rings is 1. The molecule has 2 aliphatic rings. The third kappa shape index (κ3) is 1.39. The largest absolute Gasteiger partial charge is 0.482 e. The monoisotopic (exact) mass is 228 g/mol. The van der Waals surface area contributed by atoms with Crippen LogP contribution in [0.15, 0.2) is 18.2 Å². The Morgan fingerprint density at radius 3 is 2.88 bits per heavy atom. The van der Waals surface area contributed by atoms with E-state index < -0.39 is 0 Å². The second-order valence-corrected chi connectivity index (χ2v) is 4.62. The Morgan fingerprint density at radius 2 is 2.24 bits per heavy atom. The highest BCUT2D eigenvalue weighted by Crippen LogP contribution is 2.49. The van der Waals surface area contributed by atoms with Crippen molar-refractivity contribution in [3.05, 3.63) is 23.8 Å². The third-order valence-electron chi connectivity index (χ3n) is 3.56. The highest BCUT2D eigenvalue weighted by Gasteiger charge is 2.45. The van der Waals surface area contributed by atoms with Crippen LogP contribution in [0.3, 0.4) is 0 Å². The van der Waals surface area contributed by atoms with Crippen LogP contribution in [0.5, 0.6) is 5.75 Å².